The van der Waals surface area contributed by atoms with Gasteiger partial charge < -0.3 is 10.2 Å². The minimum atomic E-state index is -0.563. The van der Waals surface area contributed by atoms with E-state index in [9.17, 15) is 19.7 Å². The first-order chi connectivity index (χ1) is 12.7. The number of anilines is 2. The van der Waals surface area contributed by atoms with Crippen LogP contribution in [0.4, 0.5) is 17.1 Å². The molecule has 1 atom stereocenters. The average molecular weight is 388 g/mol. The molecule has 1 N–H and O–H groups in total. The molecule has 1 unspecified atom stereocenters. The predicted molar refractivity (Wildman–Crippen MR) is 103 cm³/mol. The highest BCUT2D eigenvalue weighted by molar-refractivity contribution is 6.33. The van der Waals surface area contributed by atoms with Crippen molar-refractivity contribution in [2.75, 3.05) is 16.8 Å². The SMILES string of the molecule is Cc1cc(C)cc(N2CC(C(=O)Nc3cc([N+](=O)[O-])ccc3Cl)CC2=O)c1. The summed E-state index contributed by atoms with van der Waals surface area (Å²) in [5, 5.41) is 13.7. The molecule has 0 bridgehead atoms. The first-order valence-corrected chi connectivity index (χ1v) is 8.76. The number of amides is 2. The molecule has 140 valence electrons. The number of carbonyl (C=O) groups excluding carboxylic acids is 2. The molecule has 1 aliphatic rings. The largest absolute Gasteiger partial charge is 0.324 e. The third-order valence-corrected chi connectivity index (χ3v) is 4.76. The Morgan fingerprint density at radius 2 is 1.89 bits per heavy atom. The second-order valence-corrected chi connectivity index (χ2v) is 7.07. The Kier molecular flexibility index (Phi) is 5.14. The lowest BCUT2D eigenvalue weighted by Crippen LogP contribution is -2.28. The summed E-state index contributed by atoms with van der Waals surface area (Å²) in [6.07, 6.45) is 0.0748. The zero-order valence-corrected chi connectivity index (χ0v) is 15.6. The fourth-order valence-electron chi connectivity index (χ4n) is 3.20. The molecule has 8 heteroatoms. The summed E-state index contributed by atoms with van der Waals surface area (Å²) in [6, 6.07) is 9.65. The molecule has 2 amide bonds. The van der Waals surface area contributed by atoms with Crippen molar-refractivity contribution in [3.8, 4) is 0 Å². The maximum atomic E-state index is 12.6. The lowest BCUT2D eigenvalue weighted by Gasteiger charge is -2.18. The van der Waals surface area contributed by atoms with Crippen molar-refractivity contribution >= 4 is 40.5 Å². The van der Waals surface area contributed by atoms with Gasteiger partial charge in [-0.2, -0.15) is 0 Å². The summed E-state index contributed by atoms with van der Waals surface area (Å²) in [5.74, 6) is -1.09. The number of nitro groups is 1. The lowest BCUT2D eigenvalue weighted by molar-refractivity contribution is -0.384. The van der Waals surface area contributed by atoms with E-state index in [0.29, 0.717) is 0 Å². The molecule has 2 aromatic carbocycles. The molecular weight excluding hydrogens is 370 g/mol. The molecule has 1 saturated heterocycles. The van der Waals surface area contributed by atoms with Crippen LogP contribution in [0.2, 0.25) is 5.02 Å². The van der Waals surface area contributed by atoms with Gasteiger partial charge in [0.2, 0.25) is 11.8 Å². The minimum absolute atomic E-state index is 0.0748. The van der Waals surface area contributed by atoms with Crippen molar-refractivity contribution in [1.82, 2.24) is 0 Å². The number of hydrogen-bond donors (Lipinski definition) is 1. The Bertz CT molecular complexity index is 924. The van der Waals surface area contributed by atoms with Crippen molar-refractivity contribution < 1.29 is 14.5 Å². The summed E-state index contributed by atoms with van der Waals surface area (Å²) < 4.78 is 0. The van der Waals surface area contributed by atoms with Crippen LogP contribution in [0, 0.1) is 29.9 Å². The van der Waals surface area contributed by atoms with Gasteiger partial charge >= 0.3 is 0 Å². The van der Waals surface area contributed by atoms with Crippen molar-refractivity contribution in [1.29, 1.82) is 0 Å². The zero-order chi connectivity index (χ0) is 19.7. The Labute approximate surface area is 161 Å². The van der Waals surface area contributed by atoms with E-state index in [1.165, 1.54) is 18.2 Å². The van der Waals surface area contributed by atoms with E-state index in [1.807, 2.05) is 32.0 Å². The Morgan fingerprint density at radius 3 is 2.52 bits per heavy atom. The molecule has 0 spiro atoms. The van der Waals surface area contributed by atoms with Gasteiger partial charge in [0, 0.05) is 30.8 Å². The molecule has 27 heavy (non-hydrogen) atoms. The second kappa shape index (κ2) is 7.36. The highest BCUT2D eigenvalue weighted by Crippen LogP contribution is 2.30. The standard InChI is InChI=1S/C19H18ClN3O4/c1-11-5-12(2)7-15(6-11)22-10-13(8-18(22)24)19(25)21-17-9-14(23(26)27)3-4-16(17)20/h3-7,9,13H,8,10H2,1-2H3,(H,21,25). The lowest BCUT2D eigenvalue weighted by atomic mass is 10.1. The molecule has 1 aliphatic heterocycles. The fourth-order valence-corrected chi connectivity index (χ4v) is 3.36. The van der Waals surface area contributed by atoms with Crippen LogP contribution in [0.25, 0.3) is 0 Å². The topological polar surface area (TPSA) is 92.6 Å². The highest BCUT2D eigenvalue weighted by atomic mass is 35.5. The van der Waals surface area contributed by atoms with Crippen molar-refractivity contribution in [3.63, 3.8) is 0 Å². The van der Waals surface area contributed by atoms with Gasteiger partial charge in [-0.15, -0.1) is 0 Å². The molecule has 0 radical (unpaired) electrons. The van der Waals surface area contributed by atoms with Gasteiger partial charge in [0.1, 0.15) is 0 Å². The molecule has 0 aromatic heterocycles. The Morgan fingerprint density at radius 1 is 1.22 bits per heavy atom. The number of benzene rings is 2. The number of hydrogen-bond acceptors (Lipinski definition) is 4. The van der Waals surface area contributed by atoms with E-state index in [-0.39, 0.29) is 35.3 Å². The molecule has 7 nitrogen and oxygen atoms in total. The quantitative estimate of drug-likeness (QED) is 0.636. The molecule has 3 rings (SSSR count). The molecule has 2 aromatic rings. The first-order valence-electron chi connectivity index (χ1n) is 8.38. The predicted octanol–water partition coefficient (Wildman–Crippen LogP) is 3.86. The smallest absolute Gasteiger partial charge is 0.271 e. The van der Waals surface area contributed by atoms with Crippen LogP contribution in [0.3, 0.4) is 0 Å². The van der Waals surface area contributed by atoms with Gasteiger partial charge in [-0.25, -0.2) is 0 Å². The molecule has 1 heterocycles. The van der Waals surface area contributed by atoms with Gasteiger partial charge in [0.15, 0.2) is 0 Å². The maximum Gasteiger partial charge on any atom is 0.271 e. The number of rotatable bonds is 4. The Hall–Kier alpha value is -2.93. The summed E-state index contributed by atoms with van der Waals surface area (Å²) in [4.78, 5) is 36.9. The summed E-state index contributed by atoms with van der Waals surface area (Å²) in [5.41, 5.74) is 2.83. The van der Waals surface area contributed by atoms with E-state index in [2.05, 4.69) is 5.32 Å². The summed E-state index contributed by atoms with van der Waals surface area (Å²) in [7, 11) is 0. The number of non-ortho nitro benzene ring substituents is 1. The average Bonchev–Trinajstić information content (AvgIpc) is 2.97. The van der Waals surface area contributed by atoms with Gasteiger partial charge in [-0.05, 0) is 43.2 Å². The number of nitro benzene ring substituents is 1. The van der Waals surface area contributed by atoms with Crippen LogP contribution >= 0.6 is 11.6 Å². The van der Waals surface area contributed by atoms with Gasteiger partial charge in [-0.3, -0.25) is 19.7 Å². The molecular formula is C19H18ClN3O4. The number of nitrogens with zero attached hydrogens (tertiary/aromatic N) is 2. The van der Waals surface area contributed by atoms with Gasteiger partial charge in [0.05, 0.1) is 21.6 Å². The zero-order valence-electron chi connectivity index (χ0n) is 14.9. The number of aryl methyl sites for hydroxylation is 2. The second-order valence-electron chi connectivity index (χ2n) is 6.66. The monoisotopic (exact) mass is 387 g/mol. The van der Waals surface area contributed by atoms with Gasteiger partial charge in [0.25, 0.3) is 5.69 Å². The van der Waals surface area contributed by atoms with E-state index in [0.717, 1.165) is 16.8 Å². The first kappa shape index (κ1) is 18.8. The van der Waals surface area contributed by atoms with Crippen molar-refractivity contribution in [3.05, 3.63) is 62.7 Å². The van der Waals surface area contributed by atoms with Crippen LogP contribution in [0.1, 0.15) is 17.5 Å². The van der Waals surface area contributed by atoms with Crippen LogP contribution < -0.4 is 10.2 Å². The minimum Gasteiger partial charge on any atom is -0.324 e. The van der Waals surface area contributed by atoms with E-state index in [4.69, 9.17) is 11.6 Å². The van der Waals surface area contributed by atoms with E-state index < -0.39 is 16.7 Å². The van der Waals surface area contributed by atoms with Crippen LogP contribution in [-0.4, -0.2) is 23.3 Å². The van der Waals surface area contributed by atoms with E-state index >= 15 is 0 Å². The Balaban J connectivity index is 1.76. The maximum absolute atomic E-state index is 12.6. The third-order valence-electron chi connectivity index (χ3n) is 4.43. The van der Waals surface area contributed by atoms with Crippen molar-refractivity contribution in [2.24, 2.45) is 5.92 Å². The van der Waals surface area contributed by atoms with Crippen LogP contribution in [-0.2, 0) is 9.59 Å². The van der Waals surface area contributed by atoms with Crippen LogP contribution in [0.5, 0.6) is 0 Å². The van der Waals surface area contributed by atoms with Gasteiger partial charge in [-0.1, -0.05) is 17.7 Å². The number of carbonyl (C=O) groups is 2. The summed E-state index contributed by atoms with van der Waals surface area (Å²) in [6.45, 7) is 4.15. The molecule has 1 fully saturated rings. The van der Waals surface area contributed by atoms with Crippen LogP contribution in [0.15, 0.2) is 36.4 Å². The third kappa shape index (κ3) is 4.09. The van der Waals surface area contributed by atoms with E-state index in [1.54, 1.807) is 4.90 Å². The highest BCUT2D eigenvalue weighted by Gasteiger charge is 2.35. The molecule has 0 aliphatic carbocycles. The summed E-state index contributed by atoms with van der Waals surface area (Å²) >= 11 is 6.03. The molecule has 0 saturated carbocycles. The normalized spacial score (nSPS) is 16.5. The fraction of sp³-hybridized carbons (Fsp3) is 0.263. The number of halogens is 1. The number of nitrogens with one attached hydrogen (secondary N) is 1. The van der Waals surface area contributed by atoms with Crippen molar-refractivity contribution in [2.45, 2.75) is 20.3 Å².